The van der Waals surface area contributed by atoms with E-state index in [-0.39, 0.29) is 63.5 Å². The second-order valence-electron chi connectivity index (χ2n) is 16.5. The fourth-order valence-electron chi connectivity index (χ4n) is 11.9. The normalized spacial score (nSPS) is 37.2. The number of hydrogen-bond acceptors (Lipinski definition) is 9. The molecule has 2 bridgehead atoms. The molecule has 0 radical (unpaired) electrons. The Morgan fingerprint density at radius 1 is 0.780 bits per heavy atom. The van der Waals surface area contributed by atoms with Gasteiger partial charge < -0.3 is 27.5 Å². The van der Waals surface area contributed by atoms with Gasteiger partial charge >= 0.3 is 17.9 Å². The van der Waals surface area contributed by atoms with E-state index in [0.29, 0.717) is 37.2 Å². The Kier molecular flexibility index (Phi) is 8.18. The van der Waals surface area contributed by atoms with Crippen LogP contribution >= 0.6 is 0 Å². The van der Waals surface area contributed by atoms with Crippen LogP contribution < -0.4 is 0 Å². The van der Waals surface area contributed by atoms with Gasteiger partial charge in [0.1, 0.15) is 12.2 Å². The Labute approximate surface area is 293 Å². The van der Waals surface area contributed by atoms with E-state index in [9.17, 15) is 14.4 Å². The van der Waals surface area contributed by atoms with Crippen LogP contribution in [0.2, 0.25) is 0 Å². The summed E-state index contributed by atoms with van der Waals surface area (Å²) in [6.07, 6.45) is 13.6. The van der Waals surface area contributed by atoms with Gasteiger partial charge in [-0.25, -0.2) is 14.4 Å². The molecule has 9 rings (SSSR count). The molecule has 9 nitrogen and oxygen atoms in total. The van der Waals surface area contributed by atoms with E-state index in [2.05, 4.69) is 33.8 Å². The molecule has 0 aliphatic heterocycles. The van der Waals surface area contributed by atoms with Crippen molar-refractivity contribution < 1.29 is 41.8 Å². The minimum absolute atomic E-state index is 0.0000817. The number of furan rings is 3. The van der Waals surface area contributed by atoms with Gasteiger partial charge in [-0.2, -0.15) is 0 Å². The molecule has 10 atom stereocenters. The Morgan fingerprint density at radius 2 is 1.38 bits per heavy atom. The topological polar surface area (TPSA) is 118 Å². The third kappa shape index (κ3) is 5.20. The van der Waals surface area contributed by atoms with Crippen LogP contribution in [-0.4, -0.2) is 36.7 Å². The predicted molar refractivity (Wildman–Crippen MR) is 181 cm³/mol. The van der Waals surface area contributed by atoms with Crippen LogP contribution in [0.3, 0.4) is 0 Å². The summed E-state index contributed by atoms with van der Waals surface area (Å²) in [5, 5.41) is 0. The maximum atomic E-state index is 13.5. The van der Waals surface area contributed by atoms with Gasteiger partial charge in [0.05, 0.1) is 25.4 Å². The van der Waals surface area contributed by atoms with Gasteiger partial charge in [-0.05, 0) is 116 Å². The number of allylic oxidation sites excluding steroid dienone is 2. The van der Waals surface area contributed by atoms with E-state index in [4.69, 9.17) is 27.5 Å². The summed E-state index contributed by atoms with van der Waals surface area (Å²) < 4.78 is 35.0. The summed E-state index contributed by atoms with van der Waals surface area (Å²) in [6.45, 7) is 9.68. The molecule has 6 aliphatic carbocycles. The lowest BCUT2D eigenvalue weighted by molar-refractivity contribution is -0.228. The van der Waals surface area contributed by atoms with Crippen LogP contribution in [0.15, 0.2) is 80.1 Å². The molecule has 0 N–H and O–H groups in total. The van der Waals surface area contributed by atoms with Crippen LogP contribution in [0.1, 0.15) is 111 Å². The van der Waals surface area contributed by atoms with E-state index < -0.39 is 17.9 Å². The van der Waals surface area contributed by atoms with Crippen molar-refractivity contribution in [2.24, 2.45) is 51.8 Å². The summed E-state index contributed by atoms with van der Waals surface area (Å²) in [6, 6.07) is 10.0. The molecular weight excluding hydrogens is 636 g/mol. The summed E-state index contributed by atoms with van der Waals surface area (Å²) >= 11 is 0. The Morgan fingerprint density at radius 3 is 1.98 bits per heavy atom. The van der Waals surface area contributed by atoms with Crippen molar-refractivity contribution >= 4 is 17.9 Å². The molecule has 0 aromatic carbocycles. The molecule has 6 aliphatic rings. The Bertz CT molecular complexity index is 1740. The average Bonchev–Trinajstić information content (AvgIpc) is 3.92. The predicted octanol–water partition coefficient (Wildman–Crippen LogP) is 8.92. The zero-order chi connectivity index (χ0) is 34.8. The summed E-state index contributed by atoms with van der Waals surface area (Å²) in [7, 11) is 0. The van der Waals surface area contributed by atoms with Crippen molar-refractivity contribution in [3.8, 4) is 0 Å². The third-order valence-corrected chi connectivity index (χ3v) is 13.7. The number of esters is 3. The molecule has 50 heavy (non-hydrogen) atoms. The lowest BCUT2D eigenvalue weighted by Crippen LogP contribution is -2.68. The summed E-state index contributed by atoms with van der Waals surface area (Å²) in [5.41, 5.74) is 0.971. The van der Waals surface area contributed by atoms with Crippen molar-refractivity contribution in [1.29, 1.82) is 0 Å². The minimum Gasteiger partial charge on any atom is -0.459 e. The molecule has 1 unspecified atom stereocenters. The number of carbonyl (C=O) groups is 3. The maximum Gasteiger partial charge on any atom is 0.374 e. The monoisotopic (exact) mass is 684 g/mol. The number of hydrogen-bond donors (Lipinski definition) is 0. The number of rotatable bonds is 8. The highest BCUT2D eigenvalue weighted by Gasteiger charge is 2.71. The van der Waals surface area contributed by atoms with Gasteiger partial charge in [-0.1, -0.05) is 45.8 Å². The highest BCUT2D eigenvalue weighted by atomic mass is 16.6. The minimum atomic E-state index is -0.448. The average molecular weight is 685 g/mol. The summed E-state index contributed by atoms with van der Waals surface area (Å²) in [5.74, 6) is 0.458. The lowest BCUT2D eigenvalue weighted by Gasteiger charge is -2.72. The number of fused-ring (bicyclic) bond motifs is 1. The fraction of sp³-hybridized carbons (Fsp3) is 0.585. The Hall–Kier alpha value is -4.01. The molecule has 0 saturated heterocycles. The molecule has 3 heterocycles. The van der Waals surface area contributed by atoms with E-state index >= 15 is 0 Å². The highest BCUT2D eigenvalue weighted by Crippen LogP contribution is 2.75. The van der Waals surface area contributed by atoms with Crippen molar-refractivity contribution in [3.05, 3.63) is 84.1 Å². The fourth-order valence-corrected chi connectivity index (χ4v) is 11.9. The molecule has 9 heteroatoms. The van der Waals surface area contributed by atoms with Crippen molar-refractivity contribution in [2.45, 2.75) is 91.3 Å². The molecule has 266 valence electrons. The quantitative estimate of drug-likeness (QED) is 0.130. The Balaban J connectivity index is 1.16. The third-order valence-electron chi connectivity index (χ3n) is 13.7. The first-order valence-electron chi connectivity index (χ1n) is 18.5. The van der Waals surface area contributed by atoms with E-state index in [1.54, 1.807) is 36.4 Å². The van der Waals surface area contributed by atoms with E-state index in [1.165, 1.54) is 24.4 Å². The van der Waals surface area contributed by atoms with Gasteiger partial charge in [0, 0.05) is 17.3 Å². The van der Waals surface area contributed by atoms with Gasteiger partial charge in [0.25, 0.3) is 0 Å². The lowest BCUT2D eigenvalue weighted by atomic mass is 9.33. The van der Waals surface area contributed by atoms with Crippen LogP contribution in [0.25, 0.3) is 0 Å². The molecular formula is C41H48O9. The van der Waals surface area contributed by atoms with Crippen LogP contribution in [0, 0.1) is 51.8 Å². The first-order chi connectivity index (χ1) is 24.0. The smallest absolute Gasteiger partial charge is 0.374 e. The van der Waals surface area contributed by atoms with Gasteiger partial charge in [-0.3, -0.25) is 0 Å². The molecule has 4 saturated carbocycles. The van der Waals surface area contributed by atoms with Crippen molar-refractivity contribution in [3.63, 3.8) is 0 Å². The highest BCUT2D eigenvalue weighted by molar-refractivity contribution is 5.87. The standard InChI is InChI=1S/C41H48O9/c1-24(2)26-22-41-17-14-32-39(3,23-48-36(42)29-9-5-18-45-29)15-8-16-40(32,4)33(41)21-25(26)34-27(49-37(43)30-10-6-19-46-30)12-13-28(35(34)41)50-38(44)31-11-7-20-47-31/h5-7,9-11,18-20,22,24-25,27-28,32-35H,8,12-17,21,23H2,1-4H3/t25-,27-,28-,32-,33+,34-,35+,39?,40-,41-/m0/s1. The zero-order valence-corrected chi connectivity index (χ0v) is 29.4. The molecule has 0 amide bonds. The second kappa shape index (κ2) is 12.3. The molecule has 1 spiro atoms. The molecule has 4 fully saturated rings. The largest absolute Gasteiger partial charge is 0.459 e. The maximum absolute atomic E-state index is 13.5. The number of carbonyl (C=O) groups excluding carboxylic acids is 3. The SMILES string of the molecule is CC(C)C1=C[C@@]23CC[C@H]4C(C)(COC(=O)c5ccco5)CCC[C@]4(C)[C@H]2C[C@@H]1[C@@H]1[C@H]3[C@@H](OC(=O)c2ccco2)CC[C@@H]1OC(=O)c1ccco1. The van der Waals surface area contributed by atoms with Crippen molar-refractivity contribution in [1.82, 2.24) is 0 Å². The van der Waals surface area contributed by atoms with Crippen LogP contribution in [0.5, 0.6) is 0 Å². The van der Waals surface area contributed by atoms with E-state index in [1.807, 2.05) is 0 Å². The zero-order valence-electron chi connectivity index (χ0n) is 29.4. The van der Waals surface area contributed by atoms with Gasteiger partial charge in [0.15, 0.2) is 0 Å². The first kappa shape index (κ1) is 33.2. The van der Waals surface area contributed by atoms with E-state index in [0.717, 1.165) is 38.5 Å². The second-order valence-corrected chi connectivity index (χ2v) is 16.5. The summed E-state index contributed by atoms with van der Waals surface area (Å²) in [4.78, 5) is 39.8. The molecule has 3 aromatic heterocycles. The first-order valence-corrected chi connectivity index (χ1v) is 18.5. The van der Waals surface area contributed by atoms with Gasteiger partial charge in [0.2, 0.25) is 17.3 Å². The number of ether oxygens (including phenoxy) is 3. The van der Waals surface area contributed by atoms with Crippen molar-refractivity contribution in [2.75, 3.05) is 6.61 Å². The van der Waals surface area contributed by atoms with Gasteiger partial charge in [-0.15, -0.1) is 0 Å². The van der Waals surface area contributed by atoms with Crippen LogP contribution in [-0.2, 0) is 14.2 Å². The molecule has 3 aromatic rings. The van der Waals surface area contributed by atoms with Crippen LogP contribution in [0.4, 0.5) is 0 Å².